The Morgan fingerprint density at radius 2 is 1.09 bits per heavy atom. The number of hydrogen-bond acceptors (Lipinski definition) is 4. The lowest BCUT2D eigenvalue weighted by atomic mass is 9.73. The summed E-state index contributed by atoms with van der Waals surface area (Å²) in [7, 11) is -0.344. The van der Waals surface area contributed by atoms with Gasteiger partial charge in [0.05, 0.1) is 23.3 Å². The molecule has 2 aromatic rings. The quantitative estimate of drug-likeness (QED) is 0.333. The van der Waals surface area contributed by atoms with Crippen LogP contribution in [0.2, 0.25) is 0 Å². The first-order valence-corrected chi connectivity index (χ1v) is 12.0. The van der Waals surface area contributed by atoms with Crippen LogP contribution < -0.4 is 5.46 Å². The maximum absolute atomic E-state index is 8.63. The van der Waals surface area contributed by atoms with Crippen LogP contribution in [-0.4, -0.2) is 18.3 Å². The predicted octanol–water partition coefficient (Wildman–Crippen LogP) is 6.74. The maximum Gasteiger partial charge on any atom is 0.495 e. The molecule has 1 saturated heterocycles. The lowest BCUT2D eigenvalue weighted by Crippen LogP contribution is -2.41. The summed E-state index contributed by atoms with van der Waals surface area (Å²) in [5.41, 5.74) is 7.12. The second kappa shape index (κ2) is 11.2. The molecule has 0 atom stereocenters. The van der Waals surface area contributed by atoms with Gasteiger partial charge in [0.2, 0.25) is 0 Å². The van der Waals surface area contributed by atoms with E-state index in [9.17, 15) is 0 Å². The number of nitrogens with zero attached hydrogens (tertiary/aromatic N) is 2. The molecule has 0 aliphatic carbocycles. The highest BCUT2D eigenvalue weighted by atomic mass is 79.9. The molecule has 0 N–H and O–H groups in total. The van der Waals surface area contributed by atoms with Crippen LogP contribution in [0.5, 0.6) is 0 Å². The van der Waals surface area contributed by atoms with E-state index in [2.05, 4.69) is 69.6 Å². The Balaban J connectivity index is 0.000000270. The van der Waals surface area contributed by atoms with Crippen molar-refractivity contribution in [2.45, 2.75) is 66.6 Å². The number of halogens is 1. The molecule has 34 heavy (non-hydrogen) atoms. The Hall–Kier alpha value is -2.64. The van der Waals surface area contributed by atoms with Gasteiger partial charge < -0.3 is 9.31 Å². The highest BCUT2D eigenvalue weighted by molar-refractivity contribution is 9.10. The normalized spacial score (nSPS) is 16.3. The smallest absolute Gasteiger partial charge is 0.399 e. The molecular formula is C28H32BBrN2O2. The van der Waals surface area contributed by atoms with Crippen molar-refractivity contribution in [3.63, 3.8) is 0 Å². The third kappa shape index (κ3) is 6.48. The standard InChI is InChI=1S/C17H22BNO2.C11H10BrN/c1-12-10-14(8-7-9-19)11-13(2)15(12)18-20-16(3,4)17(5,6)21-18;1-8-6-10(4-3-5-13)7-9(2)11(8)12/h7-8,10-11H,1-6H3;3-4,6-7H,1-2H3/b8-7+;4-3+. The Kier molecular flexibility index (Phi) is 9.09. The van der Waals surface area contributed by atoms with Gasteiger partial charge in [-0.15, -0.1) is 0 Å². The van der Waals surface area contributed by atoms with Crippen LogP contribution in [0.25, 0.3) is 12.2 Å². The minimum Gasteiger partial charge on any atom is -0.399 e. The van der Waals surface area contributed by atoms with Gasteiger partial charge in [0, 0.05) is 16.6 Å². The molecule has 6 heteroatoms. The molecule has 0 unspecified atom stereocenters. The first-order chi connectivity index (χ1) is 15.8. The molecule has 4 nitrogen and oxygen atoms in total. The van der Waals surface area contributed by atoms with Gasteiger partial charge >= 0.3 is 7.12 Å². The van der Waals surface area contributed by atoms with Crippen LogP contribution in [0.4, 0.5) is 0 Å². The summed E-state index contributed by atoms with van der Waals surface area (Å²) in [6.45, 7) is 16.4. The highest BCUT2D eigenvalue weighted by Crippen LogP contribution is 2.37. The summed E-state index contributed by atoms with van der Waals surface area (Å²) in [6.07, 6.45) is 6.60. The van der Waals surface area contributed by atoms with E-state index in [-0.39, 0.29) is 18.3 Å². The third-order valence-electron chi connectivity index (χ3n) is 6.26. The van der Waals surface area contributed by atoms with Crippen LogP contribution in [0, 0.1) is 50.4 Å². The maximum atomic E-state index is 8.63. The Bertz CT molecular complexity index is 1140. The summed E-state index contributed by atoms with van der Waals surface area (Å²) in [6, 6.07) is 12.2. The molecule has 176 valence electrons. The Morgan fingerprint density at radius 3 is 1.44 bits per heavy atom. The van der Waals surface area contributed by atoms with Crippen molar-refractivity contribution in [2.75, 3.05) is 0 Å². The van der Waals surface area contributed by atoms with Gasteiger partial charge in [-0.05, 0) is 95.3 Å². The number of aryl methyl sites for hydroxylation is 4. The van der Waals surface area contributed by atoms with E-state index in [0.29, 0.717) is 0 Å². The van der Waals surface area contributed by atoms with Crippen molar-refractivity contribution in [3.05, 3.63) is 74.3 Å². The number of allylic oxidation sites excluding steroid dienone is 2. The number of rotatable bonds is 3. The van der Waals surface area contributed by atoms with Crippen molar-refractivity contribution in [1.29, 1.82) is 10.5 Å². The highest BCUT2D eigenvalue weighted by Gasteiger charge is 2.52. The number of benzene rings is 2. The average Bonchev–Trinajstić information content (AvgIpc) is 2.95. The molecule has 0 bridgehead atoms. The Labute approximate surface area is 213 Å². The second-order valence-corrected chi connectivity index (χ2v) is 10.3. The van der Waals surface area contributed by atoms with Gasteiger partial charge in [-0.3, -0.25) is 0 Å². The fourth-order valence-corrected chi connectivity index (χ4v) is 4.01. The van der Waals surface area contributed by atoms with Crippen LogP contribution in [0.15, 0.2) is 40.9 Å². The summed E-state index contributed by atoms with van der Waals surface area (Å²) >= 11 is 3.49. The molecule has 0 radical (unpaired) electrons. The molecule has 3 rings (SSSR count). The van der Waals surface area contributed by atoms with Crippen molar-refractivity contribution < 1.29 is 9.31 Å². The largest absolute Gasteiger partial charge is 0.495 e. The van der Waals surface area contributed by atoms with Crippen molar-refractivity contribution >= 4 is 40.7 Å². The van der Waals surface area contributed by atoms with E-state index in [1.54, 1.807) is 0 Å². The van der Waals surface area contributed by atoms with Crippen molar-refractivity contribution in [1.82, 2.24) is 0 Å². The zero-order valence-corrected chi connectivity index (χ0v) is 22.9. The first-order valence-electron chi connectivity index (χ1n) is 11.2. The SMILES string of the molecule is Cc1cc(/C=C/C#N)cc(C)c1B1OC(C)(C)C(C)(C)O1.Cc1cc(/C=C/C#N)cc(C)c1Br. The van der Waals surface area contributed by atoms with Crippen LogP contribution in [0.3, 0.4) is 0 Å². The molecule has 2 aromatic carbocycles. The van der Waals surface area contributed by atoms with E-state index in [4.69, 9.17) is 19.8 Å². The van der Waals surface area contributed by atoms with E-state index in [0.717, 1.165) is 32.2 Å². The lowest BCUT2D eigenvalue weighted by Gasteiger charge is -2.32. The fourth-order valence-electron chi connectivity index (χ4n) is 3.78. The van der Waals surface area contributed by atoms with Crippen LogP contribution >= 0.6 is 15.9 Å². The van der Waals surface area contributed by atoms with Gasteiger partial charge in [0.25, 0.3) is 0 Å². The van der Waals surface area contributed by atoms with Gasteiger partial charge in [-0.1, -0.05) is 51.3 Å². The van der Waals surface area contributed by atoms with Gasteiger partial charge in [0.1, 0.15) is 0 Å². The first kappa shape index (κ1) is 27.6. The lowest BCUT2D eigenvalue weighted by molar-refractivity contribution is 0.00578. The van der Waals surface area contributed by atoms with E-state index in [1.807, 2.05) is 50.3 Å². The molecule has 1 aliphatic rings. The summed E-state index contributed by atoms with van der Waals surface area (Å²) in [5, 5.41) is 17.0. The van der Waals surface area contributed by atoms with E-state index < -0.39 is 0 Å². The molecule has 0 amide bonds. The number of hydrogen-bond donors (Lipinski definition) is 0. The summed E-state index contributed by atoms with van der Waals surface area (Å²) < 4.78 is 13.4. The second-order valence-electron chi connectivity index (χ2n) is 9.55. The molecule has 0 spiro atoms. The fraction of sp³-hybridized carbons (Fsp3) is 0.357. The van der Waals surface area contributed by atoms with Crippen LogP contribution in [-0.2, 0) is 9.31 Å². The third-order valence-corrected chi connectivity index (χ3v) is 7.52. The zero-order valence-electron chi connectivity index (χ0n) is 21.3. The van der Waals surface area contributed by atoms with Crippen molar-refractivity contribution in [2.24, 2.45) is 0 Å². The van der Waals surface area contributed by atoms with E-state index in [1.165, 1.54) is 23.3 Å². The molecule has 0 aromatic heterocycles. The van der Waals surface area contributed by atoms with Gasteiger partial charge in [0.15, 0.2) is 0 Å². The van der Waals surface area contributed by atoms with E-state index >= 15 is 0 Å². The average molecular weight is 519 g/mol. The van der Waals surface area contributed by atoms with Gasteiger partial charge in [-0.2, -0.15) is 10.5 Å². The minimum atomic E-state index is -0.344. The summed E-state index contributed by atoms with van der Waals surface area (Å²) in [4.78, 5) is 0. The Morgan fingerprint density at radius 1 is 0.735 bits per heavy atom. The zero-order chi connectivity index (χ0) is 25.7. The molecule has 1 aliphatic heterocycles. The number of nitriles is 2. The summed E-state index contributed by atoms with van der Waals surface area (Å²) in [5.74, 6) is 0. The predicted molar refractivity (Wildman–Crippen MR) is 145 cm³/mol. The molecule has 0 saturated carbocycles. The molecule has 1 fully saturated rings. The monoisotopic (exact) mass is 518 g/mol. The minimum absolute atomic E-state index is 0.337. The topological polar surface area (TPSA) is 66.0 Å². The molecular weight excluding hydrogens is 487 g/mol. The molecule has 1 heterocycles. The van der Waals surface area contributed by atoms with Gasteiger partial charge in [-0.25, -0.2) is 0 Å². The van der Waals surface area contributed by atoms with Crippen molar-refractivity contribution in [3.8, 4) is 12.1 Å². The van der Waals surface area contributed by atoms with Crippen LogP contribution in [0.1, 0.15) is 61.1 Å².